The van der Waals surface area contributed by atoms with Crippen molar-refractivity contribution >= 4 is 30.0 Å². The molecule has 11 heteroatoms. The molecule has 11 nitrogen and oxygen atoms in total. The Bertz CT molecular complexity index is 1220. The third kappa shape index (κ3) is 5.15. The number of benzene rings is 1. The molecule has 3 fully saturated rings. The van der Waals surface area contributed by atoms with E-state index in [1.807, 2.05) is 30.3 Å². The van der Waals surface area contributed by atoms with Gasteiger partial charge < -0.3 is 33.9 Å². The molecule has 2 aliphatic carbocycles. The SMILES string of the molecule is CC(=O)OC1CC(C)(O)C23OC(C)(C)C(CC(OC(=O)C=Cc4ccccc4)C2(C)C1OC(=O)CO)C3OC(C)=O. The number of hydrogen-bond donors (Lipinski definition) is 2. The average Bonchev–Trinajstić information content (AvgIpc) is 3.06. The standard InChI is InChI=1S/C30H38O11/c1-17(32)37-21-15-28(5,36)30-25(38-18(2)33)20(27(3,4)41-30)14-22(29(30,6)26(21)40-24(35)16-31)39-23(34)13-12-19-10-8-7-9-11-19/h7-13,20-22,25-26,31,36H,14-16H2,1-6H3. The van der Waals surface area contributed by atoms with Crippen molar-refractivity contribution in [1.29, 1.82) is 0 Å². The van der Waals surface area contributed by atoms with Crippen molar-refractivity contribution in [3.8, 4) is 0 Å². The number of ether oxygens (including phenoxy) is 5. The van der Waals surface area contributed by atoms with Gasteiger partial charge in [-0.15, -0.1) is 0 Å². The van der Waals surface area contributed by atoms with Gasteiger partial charge >= 0.3 is 23.9 Å². The molecule has 0 amide bonds. The Hall–Kier alpha value is -3.28. The lowest BCUT2D eigenvalue weighted by Crippen LogP contribution is -2.81. The van der Waals surface area contributed by atoms with Gasteiger partial charge in [-0.05, 0) is 45.8 Å². The maximum atomic E-state index is 13.2. The molecule has 3 aliphatic rings. The Morgan fingerprint density at radius 3 is 2.17 bits per heavy atom. The fraction of sp³-hybridized carbons (Fsp3) is 0.600. The third-order valence-corrected chi connectivity index (χ3v) is 8.82. The number of aliphatic hydroxyl groups is 2. The Balaban J connectivity index is 1.89. The molecule has 1 spiro atoms. The van der Waals surface area contributed by atoms with Crippen LogP contribution in [0.25, 0.3) is 6.08 Å². The van der Waals surface area contributed by atoms with E-state index in [9.17, 15) is 29.4 Å². The van der Waals surface area contributed by atoms with Gasteiger partial charge in [0.25, 0.3) is 0 Å². The number of rotatable bonds is 7. The summed E-state index contributed by atoms with van der Waals surface area (Å²) in [4.78, 5) is 50.3. The zero-order chi connectivity index (χ0) is 30.4. The number of carbonyl (C=O) groups is 4. The van der Waals surface area contributed by atoms with Gasteiger partial charge in [0.2, 0.25) is 0 Å². The zero-order valence-corrected chi connectivity index (χ0v) is 24.1. The lowest BCUT2D eigenvalue weighted by molar-refractivity contribution is -0.345. The Kier molecular flexibility index (Phi) is 8.12. The second-order valence-corrected chi connectivity index (χ2v) is 12.0. The number of hydrogen-bond acceptors (Lipinski definition) is 11. The quantitative estimate of drug-likeness (QED) is 0.279. The summed E-state index contributed by atoms with van der Waals surface area (Å²) in [6.07, 6.45) is -2.01. The minimum absolute atomic E-state index is 0.101. The summed E-state index contributed by atoms with van der Waals surface area (Å²) in [5, 5.41) is 21.7. The lowest BCUT2D eigenvalue weighted by atomic mass is 9.47. The van der Waals surface area contributed by atoms with Crippen LogP contribution < -0.4 is 0 Å². The van der Waals surface area contributed by atoms with Crippen LogP contribution in [0.15, 0.2) is 36.4 Å². The summed E-state index contributed by atoms with van der Waals surface area (Å²) >= 11 is 0. The van der Waals surface area contributed by atoms with E-state index in [0.29, 0.717) is 0 Å². The van der Waals surface area contributed by atoms with E-state index < -0.39 is 83.0 Å². The molecule has 224 valence electrons. The molecule has 0 radical (unpaired) electrons. The van der Waals surface area contributed by atoms with Crippen LogP contribution in [0, 0.1) is 11.3 Å². The van der Waals surface area contributed by atoms with Crippen LogP contribution in [0.3, 0.4) is 0 Å². The van der Waals surface area contributed by atoms with Crippen LogP contribution in [0.4, 0.5) is 0 Å². The maximum absolute atomic E-state index is 13.2. The molecule has 1 saturated heterocycles. The smallest absolute Gasteiger partial charge is 0.332 e. The summed E-state index contributed by atoms with van der Waals surface area (Å²) in [5.41, 5.74) is -5.50. The highest BCUT2D eigenvalue weighted by Gasteiger charge is 2.84. The summed E-state index contributed by atoms with van der Waals surface area (Å²) in [5.74, 6) is -3.59. The van der Waals surface area contributed by atoms with Crippen LogP contribution in [-0.2, 0) is 42.9 Å². The lowest BCUT2D eigenvalue weighted by Gasteiger charge is -2.65. The van der Waals surface area contributed by atoms with E-state index in [0.717, 1.165) is 5.56 Å². The van der Waals surface area contributed by atoms with Crippen molar-refractivity contribution in [2.24, 2.45) is 11.3 Å². The van der Waals surface area contributed by atoms with Crippen molar-refractivity contribution < 1.29 is 53.1 Å². The highest BCUT2D eigenvalue weighted by Crippen LogP contribution is 2.68. The van der Waals surface area contributed by atoms with E-state index in [1.165, 1.54) is 26.8 Å². The van der Waals surface area contributed by atoms with E-state index in [1.54, 1.807) is 26.8 Å². The highest BCUT2D eigenvalue weighted by atomic mass is 16.6. The van der Waals surface area contributed by atoms with Gasteiger partial charge in [-0.25, -0.2) is 9.59 Å². The molecule has 41 heavy (non-hydrogen) atoms. The largest absolute Gasteiger partial charge is 0.459 e. The molecule has 4 rings (SSSR count). The van der Waals surface area contributed by atoms with Crippen LogP contribution in [0.2, 0.25) is 0 Å². The predicted molar refractivity (Wildman–Crippen MR) is 143 cm³/mol. The molecule has 2 saturated carbocycles. The molecule has 0 aromatic heterocycles. The molecule has 1 aromatic carbocycles. The molecular formula is C30H38O11. The van der Waals surface area contributed by atoms with Gasteiger partial charge in [-0.1, -0.05) is 30.3 Å². The normalized spacial score (nSPS) is 37.1. The van der Waals surface area contributed by atoms with E-state index in [4.69, 9.17) is 23.7 Å². The van der Waals surface area contributed by atoms with E-state index in [2.05, 4.69) is 0 Å². The van der Waals surface area contributed by atoms with Gasteiger partial charge in [-0.2, -0.15) is 0 Å². The van der Waals surface area contributed by atoms with E-state index >= 15 is 0 Å². The first-order valence-corrected chi connectivity index (χ1v) is 13.6. The predicted octanol–water partition coefficient (Wildman–Crippen LogP) is 2.11. The molecular weight excluding hydrogens is 536 g/mol. The van der Waals surface area contributed by atoms with Gasteiger partial charge in [-0.3, -0.25) is 9.59 Å². The summed E-state index contributed by atoms with van der Waals surface area (Å²) in [6, 6.07) is 9.11. The third-order valence-electron chi connectivity index (χ3n) is 8.82. The first-order valence-electron chi connectivity index (χ1n) is 13.6. The van der Waals surface area contributed by atoms with Crippen LogP contribution >= 0.6 is 0 Å². The Morgan fingerprint density at radius 2 is 1.59 bits per heavy atom. The van der Waals surface area contributed by atoms with Gasteiger partial charge in [0.1, 0.15) is 30.5 Å². The zero-order valence-electron chi connectivity index (χ0n) is 24.1. The summed E-state index contributed by atoms with van der Waals surface area (Å²) < 4.78 is 29.9. The first-order chi connectivity index (χ1) is 19.1. The second-order valence-electron chi connectivity index (χ2n) is 12.0. The molecule has 2 bridgehead atoms. The van der Waals surface area contributed by atoms with Gasteiger partial charge in [0.05, 0.1) is 16.6 Å². The first kappa shape index (κ1) is 30.7. The Morgan fingerprint density at radius 1 is 0.951 bits per heavy atom. The molecule has 1 heterocycles. The van der Waals surface area contributed by atoms with Crippen molar-refractivity contribution in [2.75, 3.05) is 6.61 Å². The minimum Gasteiger partial charge on any atom is -0.459 e. The van der Waals surface area contributed by atoms with Crippen LogP contribution in [0.5, 0.6) is 0 Å². The monoisotopic (exact) mass is 574 g/mol. The number of aliphatic hydroxyl groups excluding tert-OH is 1. The summed E-state index contributed by atoms with van der Waals surface area (Å²) in [6.45, 7) is 8.07. The molecule has 2 N–H and O–H groups in total. The molecule has 1 aromatic rings. The van der Waals surface area contributed by atoms with Crippen molar-refractivity contribution in [3.63, 3.8) is 0 Å². The number of carbonyl (C=O) groups excluding carboxylic acids is 4. The molecule has 8 atom stereocenters. The Labute approximate surface area is 238 Å². The van der Waals surface area contributed by atoms with Crippen molar-refractivity contribution in [1.82, 2.24) is 0 Å². The van der Waals surface area contributed by atoms with Gasteiger partial charge in [0.15, 0.2) is 6.10 Å². The highest BCUT2D eigenvalue weighted by molar-refractivity contribution is 5.87. The number of fused-ring (bicyclic) bond motifs is 1. The van der Waals surface area contributed by atoms with Crippen molar-refractivity contribution in [3.05, 3.63) is 42.0 Å². The second kappa shape index (κ2) is 10.8. The topological polar surface area (TPSA) is 155 Å². The van der Waals surface area contributed by atoms with Gasteiger partial charge in [0, 0.05) is 32.3 Å². The fourth-order valence-corrected chi connectivity index (χ4v) is 7.28. The summed E-state index contributed by atoms with van der Waals surface area (Å²) in [7, 11) is 0. The maximum Gasteiger partial charge on any atom is 0.332 e. The van der Waals surface area contributed by atoms with E-state index in [-0.39, 0.29) is 12.8 Å². The van der Waals surface area contributed by atoms with Crippen LogP contribution in [0.1, 0.15) is 59.9 Å². The van der Waals surface area contributed by atoms with Crippen molar-refractivity contribution in [2.45, 2.75) is 95.6 Å². The molecule has 8 unspecified atom stereocenters. The van der Waals surface area contributed by atoms with Crippen LogP contribution in [-0.4, -0.2) is 81.9 Å². The average molecular weight is 575 g/mol. The molecule has 1 aliphatic heterocycles. The fourth-order valence-electron chi connectivity index (χ4n) is 7.28. The number of esters is 4. The minimum atomic E-state index is -1.85.